The van der Waals surface area contributed by atoms with Gasteiger partial charge in [0.05, 0.1) is 6.61 Å². The van der Waals surface area contributed by atoms with Crippen LogP contribution in [0.15, 0.2) is 66.7 Å². The summed E-state index contributed by atoms with van der Waals surface area (Å²) in [5.74, 6) is -0.596. The number of rotatable bonds is 11. The van der Waals surface area contributed by atoms with Gasteiger partial charge in [-0.05, 0) is 37.0 Å². The molecule has 0 heterocycles. The van der Waals surface area contributed by atoms with Crippen molar-refractivity contribution < 1.29 is 29.3 Å². The maximum absolute atomic E-state index is 12.5. The first-order valence-corrected chi connectivity index (χ1v) is 9.76. The molecule has 30 heavy (non-hydrogen) atoms. The first-order chi connectivity index (χ1) is 14.5. The molecule has 0 fully saturated rings. The number of carbonyl (C=O) groups is 2. The van der Waals surface area contributed by atoms with Crippen LogP contribution in [-0.2, 0) is 9.53 Å². The minimum Gasteiger partial charge on any atom is -0.491 e. The number of carbonyl (C=O) groups excluding carboxylic acids is 1. The Morgan fingerprint density at radius 3 is 2.50 bits per heavy atom. The number of aliphatic hydroxyl groups excluding tert-OH is 1. The van der Waals surface area contributed by atoms with E-state index in [0.717, 1.165) is 6.08 Å². The second-order valence-corrected chi connectivity index (χ2v) is 6.72. The third kappa shape index (κ3) is 7.60. The zero-order chi connectivity index (χ0) is 21.8. The second kappa shape index (κ2) is 12.3. The maximum Gasteiger partial charge on any atom is 0.412 e. The van der Waals surface area contributed by atoms with Crippen molar-refractivity contribution in [1.29, 1.82) is 0 Å². The maximum atomic E-state index is 12.5. The third-order valence-electron chi connectivity index (χ3n) is 4.39. The fourth-order valence-corrected chi connectivity index (χ4v) is 2.97. The number of aliphatic carboxylic acids is 1. The summed E-state index contributed by atoms with van der Waals surface area (Å²) in [6.07, 6.45) is 2.57. The van der Waals surface area contributed by atoms with E-state index in [1.807, 2.05) is 37.3 Å². The summed E-state index contributed by atoms with van der Waals surface area (Å²) < 4.78 is 11.4. The summed E-state index contributed by atoms with van der Waals surface area (Å²) in [7, 11) is 0. The Hall–Kier alpha value is -3.32. The molecule has 0 aliphatic carbocycles. The molecule has 0 bridgehead atoms. The Kier molecular flexibility index (Phi) is 9.40. The van der Waals surface area contributed by atoms with Crippen molar-refractivity contribution >= 4 is 17.7 Å². The second-order valence-electron chi connectivity index (χ2n) is 6.72. The van der Waals surface area contributed by atoms with Crippen LogP contribution in [0.25, 0.3) is 0 Å². The van der Waals surface area contributed by atoms with Crippen LogP contribution in [-0.4, -0.2) is 35.5 Å². The van der Waals surface area contributed by atoms with Gasteiger partial charge in [0.15, 0.2) is 0 Å². The number of carboxylic acid groups (broad SMARTS) is 1. The van der Waals surface area contributed by atoms with E-state index in [9.17, 15) is 9.59 Å². The number of anilines is 1. The lowest BCUT2D eigenvalue weighted by Gasteiger charge is -2.26. The van der Waals surface area contributed by atoms with Gasteiger partial charge in [0, 0.05) is 17.3 Å². The molecule has 2 atom stereocenters. The summed E-state index contributed by atoms with van der Waals surface area (Å²) in [4.78, 5) is 23.2. The fourth-order valence-electron chi connectivity index (χ4n) is 2.97. The Bertz CT molecular complexity index is 837. The number of hydrogen-bond acceptors (Lipinski definition) is 5. The van der Waals surface area contributed by atoms with Gasteiger partial charge in [-0.3, -0.25) is 5.32 Å². The first-order valence-electron chi connectivity index (χ1n) is 9.76. The van der Waals surface area contributed by atoms with Gasteiger partial charge in [-0.25, -0.2) is 9.59 Å². The van der Waals surface area contributed by atoms with E-state index < -0.39 is 18.2 Å². The van der Waals surface area contributed by atoms with Crippen LogP contribution in [0.4, 0.5) is 10.5 Å². The zero-order valence-electron chi connectivity index (χ0n) is 16.9. The number of allylic oxidation sites excluding steroid dienone is 1. The van der Waals surface area contributed by atoms with Crippen LogP contribution < -0.4 is 10.1 Å². The average molecular weight is 413 g/mol. The van der Waals surface area contributed by atoms with Crippen molar-refractivity contribution in [3.8, 4) is 5.75 Å². The van der Waals surface area contributed by atoms with Crippen molar-refractivity contribution in [3.05, 3.63) is 72.3 Å². The predicted octanol–water partition coefficient (Wildman–Crippen LogP) is 4.40. The van der Waals surface area contributed by atoms with Crippen molar-refractivity contribution in [2.75, 3.05) is 18.5 Å². The topological polar surface area (TPSA) is 105 Å². The van der Waals surface area contributed by atoms with Gasteiger partial charge in [-0.15, -0.1) is 0 Å². The fraction of sp³-hybridized carbons (Fsp3) is 0.304. The molecule has 2 aromatic carbocycles. The smallest absolute Gasteiger partial charge is 0.412 e. The molecule has 0 saturated carbocycles. The highest BCUT2D eigenvalue weighted by Crippen LogP contribution is 2.35. The lowest BCUT2D eigenvalue weighted by atomic mass is 9.92. The highest BCUT2D eigenvalue weighted by molar-refractivity contribution is 5.84. The van der Waals surface area contributed by atoms with E-state index in [-0.39, 0.29) is 19.1 Å². The Morgan fingerprint density at radius 1 is 1.10 bits per heavy atom. The number of nitrogens with one attached hydrogen (secondary N) is 1. The molecule has 2 rings (SSSR count). The number of hydrogen-bond donors (Lipinski definition) is 3. The van der Waals surface area contributed by atoms with E-state index in [1.165, 1.54) is 0 Å². The highest BCUT2D eigenvalue weighted by atomic mass is 16.6. The van der Waals surface area contributed by atoms with Crippen molar-refractivity contribution in [2.24, 2.45) is 5.92 Å². The average Bonchev–Trinajstić information content (AvgIpc) is 2.74. The first kappa shape index (κ1) is 23.0. The molecule has 2 aromatic rings. The molecule has 0 unspecified atom stereocenters. The standard InChI is InChI=1S/C23H27NO6/c1-17(9-5-8-14-21(26)27)22(19-12-6-7-13-20(19)29-16-15-25)30-23(28)24-18-10-3-2-4-11-18/h2-4,6-8,10-14,17,22,25H,5,9,15-16H2,1H3,(H,24,28)(H,26,27)/b14-8+/t17-,22-/m0/s1. The molecule has 3 N–H and O–H groups in total. The van der Waals surface area contributed by atoms with Crippen molar-refractivity contribution in [1.82, 2.24) is 0 Å². The van der Waals surface area contributed by atoms with Gasteiger partial charge in [0.2, 0.25) is 0 Å². The minimum absolute atomic E-state index is 0.121. The minimum atomic E-state index is -1.000. The molecule has 7 heteroatoms. The quantitative estimate of drug-likeness (QED) is 0.472. The molecule has 0 spiro atoms. The van der Waals surface area contributed by atoms with Crippen LogP contribution in [0, 0.1) is 5.92 Å². The lowest BCUT2D eigenvalue weighted by Crippen LogP contribution is -2.22. The Labute approximate surface area is 176 Å². The van der Waals surface area contributed by atoms with Crippen LogP contribution in [0.1, 0.15) is 31.4 Å². The van der Waals surface area contributed by atoms with Gasteiger partial charge in [-0.1, -0.05) is 49.4 Å². The Balaban J connectivity index is 2.19. The summed E-state index contributed by atoms with van der Waals surface area (Å²) in [5.41, 5.74) is 1.30. The van der Waals surface area contributed by atoms with Crippen LogP contribution >= 0.6 is 0 Å². The monoisotopic (exact) mass is 413 g/mol. The van der Waals surface area contributed by atoms with Gasteiger partial charge in [-0.2, -0.15) is 0 Å². The zero-order valence-corrected chi connectivity index (χ0v) is 16.9. The highest BCUT2D eigenvalue weighted by Gasteiger charge is 2.26. The van der Waals surface area contributed by atoms with Crippen LogP contribution in [0.2, 0.25) is 0 Å². The summed E-state index contributed by atoms with van der Waals surface area (Å²) in [6, 6.07) is 16.2. The van der Waals surface area contributed by atoms with E-state index in [1.54, 1.807) is 30.3 Å². The van der Waals surface area contributed by atoms with Crippen LogP contribution in [0.3, 0.4) is 0 Å². The van der Waals surface area contributed by atoms with E-state index in [0.29, 0.717) is 29.8 Å². The number of carboxylic acids is 1. The summed E-state index contributed by atoms with van der Waals surface area (Å²) in [6.45, 7) is 1.91. The number of aliphatic hydroxyl groups is 1. The van der Waals surface area contributed by atoms with Crippen molar-refractivity contribution in [2.45, 2.75) is 25.9 Å². The Morgan fingerprint density at radius 2 is 1.80 bits per heavy atom. The molecule has 160 valence electrons. The molecule has 0 saturated heterocycles. The van der Waals surface area contributed by atoms with Gasteiger partial charge < -0.3 is 19.7 Å². The number of para-hydroxylation sites is 2. The molecule has 0 aliphatic rings. The number of ether oxygens (including phenoxy) is 2. The van der Waals surface area contributed by atoms with Crippen molar-refractivity contribution in [3.63, 3.8) is 0 Å². The molecule has 0 radical (unpaired) electrons. The van der Waals surface area contributed by atoms with Gasteiger partial charge in [0.25, 0.3) is 0 Å². The predicted molar refractivity (Wildman–Crippen MR) is 113 cm³/mol. The summed E-state index contributed by atoms with van der Waals surface area (Å²) in [5, 5.41) is 20.5. The lowest BCUT2D eigenvalue weighted by molar-refractivity contribution is -0.131. The van der Waals surface area contributed by atoms with Gasteiger partial charge >= 0.3 is 12.1 Å². The number of benzene rings is 2. The van der Waals surface area contributed by atoms with E-state index in [2.05, 4.69) is 5.32 Å². The largest absolute Gasteiger partial charge is 0.491 e. The molecule has 0 aromatic heterocycles. The molecular weight excluding hydrogens is 386 g/mol. The number of amides is 1. The molecular formula is C23H27NO6. The van der Waals surface area contributed by atoms with Gasteiger partial charge in [0.1, 0.15) is 18.5 Å². The van der Waals surface area contributed by atoms with E-state index in [4.69, 9.17) is 19.7 Å². The molecule has 0 aliphatic heterocycles. The normalized spacial score (nSPS) is 12.9. The molecule has 1 amide bonds. The SMILES string of the molecule is C[C@@H](CC/C=C/C(=O)O)[C@H](OC(=O)Nc1ccccc1)c1ccccc1OCCO. The summed E-state index contributed by atoms with van der Waals surface area (Å²) >= 11 is 0. The third-order valence-corrected chi connectivity index (χ3v) is 4.39. The van der Waals surface area contributed by atoms with E-state index >= 15 is 0 Å². The van der Waals surface area contributed by atoms with Crippen LogP contribution in [0.5, 0.6) is 5.75 Å². The molecule has 7 nitrogen and oxygen atoms in total.